The van der Waals surface area contributed by atoms with Crippen molar-refractivity contribution in [2.45, 2.75) is 52.7 Å². The highest BCUT2D eigenvalue weighted by Gasteiger charge is 2.18. The Hall–Kier alpha value is -1.61. The van der Waals surface area contributed by atoms with Gasteiger partial charge in [0, 0.05) is 6.54 Å². The average Bonchev–Trinajstić information content (AvgIpc) is 2.78. The van der Waals surface area contributed by atoms with Crippen molar-refractivity contribution in [3.05, 3.63) is 52.8 Å². The third-order valence-electron chi connectivity index (χ3n) is 3.61. The molecule has 0 fully saturated rings. The van der Waals surface area contributed by atoms with Crippen molar-refractivity contribution in [2.24, 2.45) is 0 Å². The van der Waals surface area contributed by atoms with Crippen LogP contribution in [0.15, 0.2) is 30.3 Å². The largest absolute Gasteiger partial charge is 0.382 e. The molecule has 2 rings (SSSR count). The molecule has 0 saturated carbocycles. The summed E-state index contributed by atoms with van der Waals surface area (Å²) < 4.78 is 1.86. The van der Waals surface area contributed by atoms with E-state index in [1.54, 1.807) is 0 Å². The highest BCUT2D eigenvalue weighted by molar-refractivity contribution is 5.32. The van der Waals surface area contributed by atoms with Gasteiger partial charge in [0.1, 0.15) is 6.10 Å². The Morgan fingerprint density at radius 2 is 1.80 bits per heavy atom. The van der Waals surface area contributed by atoms with Crippen LogP contribution in [0.5, 0.6) is 0 Å². The smallest absolute Gasteiger partial charge is 0.121 e. The van der Waals surface area contributed by atoms with Gasteiger partial charge in [-0.25, -0.2) is 0 Å². The molecule has 0 aliphatic rings. The van der Waals surface area contributed by atoms with E-state index in [2.05, 4.69) is 38.0 Å². The summed E-state index contributed by atoms with van der Waals surface area (Å²) in [7, 11) is 0. The number of aryl methyl sites for hydroxylation is 2. The van der Waals surface area contributed by atoms with Crippen molar-refractivity contribution in [1.82, 2.24) is 9.78 Å². The summed E-state index contributed by atoms with van der Waals surface area (Å²) in [5.74, 6) is 0. The Kier molecular flexibility index (Phi) is 4.00. The van der Waals surface area contributed by atoms with Gasteiger partial charge in [0.05, 0.1) is 11.4 Å². The van der Waals surface area contributed by atoms with E-state index < -0.39 is 6.10 Å². The molecule has 0 aliphatic carbocycles. The van der Waals surface area contributed by atoms with E-state index in [1.165, 1.54) is 5.56 Å². The van der Waals surface area contributed by atoms with E-state index in [1.807, 2.05) is 36.7 Å². The average molecular weight is 272 g/mol. The monoisotopic (exact) mass is 272 g/mol. The summed E-state index contributed by atoms with van der Waals surface area (Å²) in [6.07, 6.45) is -0.620. The topological polar surface area (TPSA) is 38.0 Å². The fourth-order valence-corrected chi connectivity index (χ4v) is 2.38. The van der Waals surface area contributed by atoms with Crippen LogP contribution in [0.25, 0.3) is 0 Å². The van der Waals surface area contributed by atoms with Crippen molar-refractivity contribution in [3.8, 4) is 0 Å². The number of nitrogens with zero attached hydrogens (tertiary/aromatic N) is 2. The molecule has 0 aliphatic heterocycles. The number of aromatic nitrogens is 2. The van der Waals surface area contributed by atoms with Crippen LogP contribution in [0.2, 0.25) is 0 Å². The summed E-state index contributed by atoms with van der Waals surface area (Å²) in [5, 5.41) is 14.9. The van der Waals surface area contributed by atoms with Crippen LogP contribution < -0.4 is 0 Å². The van der Waals surface area contributed by atoms with Crippen LogP contribution in [0.1, 0.15) is 56.3 Å². The van der Waals surface area contributed by atoms with Gasteiger partial charge in [-0.2, -0.15) is 5.10 Å². The summed E-state index contributed by atoms with van der Waals surface area (Å²) in [5.41, 5.74) is 4.10. The first-order chi connectivity index (χ1) is 9.32. The lowest BCUT2D eigenvalue weighted by atomic mass is 9.86. The van der Waals surface area contributed by atoms with Gasteiger partial charge in [0.15, 0.2) is 0 Å². The predicted molar refractivity (Wildman–Crippen MR) is 81.8 cm³/mol. The normalized spacial score (nSPS) is 13.5. The molecule has 20 heavy (non-hydrogen) atoms. The van der Waals surface area contributed by atoms with Gasteiger partial charge in [-0.1, -0.05) is 45.0 Å². The molecule has 0 bridgehead atoms. The van der Waals surface area contributed by atoms with E-state index in [0.29, 0.717) is 0 Å². The third-order valence-corrected chi connectivity index (χ3v) is 3.61. The minimum Gasteiger partial charge on any atom is -0.382 e. The van der Waals surface area contributed by atoms with Crippen LogP contribution in [-0.2, 0) is 12.0 Å². The molecule has 0 amide bonds. The lowest BCUT2D eigenvalue weighted by Gasteiger charge is -2.20. The highest BCUT2D eigenvalue weighted by atomic mass is 16.3. The minimum atomic E-state index is -0.620. The zero-order valence-electron chi connectivity index (χ0n) is 13.0. The molecule has 0 saturated heterocycles. The standard InChI is InChI=1S/C17H24N2O/c1-6-19-15(11-12(2)18-19)16(20)13-7-9-14(10-8-13)17(3,4)5/h7-11,16,20H,6H2,1-5H3. The van der Waals surface area contributed by atoms with E-state index in [4.69, 9.17) is 0 Å². The molecule has 0 radical (unpaired) electrons. The molecular weight excluding hydrogens is 248 g/mol. The molecule has 1 aromatic carbocycles. The second-order valence-corrected chi connectivity index (χ2v) is 6.30. The lowest BCUT2D eigenvalue weighted by molar-refractivity contribution is 0.208. The lowest BCUT2D eigenvalue weighted by Crippen LogP contribution is -2.12. The second-order valence-electron chi connectivity index (χ2n) is 6.30. The van der Waals surface area contributed by atoms with Gasteiger partial charge < -0.3 is 5.11 Å². The molecule has 1 heterocycles. The molecule has 1 atom stereocenters. The molecule has 2 aromatic rings. The van der Waals surface area contributed by atoms with Crippen molar-refractivity contribution in [2.75, 3.05) is 0 Å². The van der Waals surface area contributed by atoms with Crippen molar-refractivity contribution >= 4 is 0 Å². The quantitative estimate of drug-likeness (QED) is 0.927. The molecule has 0 spiro atoms. The Morgan fingerprint density at radius 1 is 1.20 bits per heavy atom. The maximum absolute atomic E-state index is 10.5. The first-order valence-corrected chi connectivity index (χ1v) is 7.15. The van der Waals surface area contributed by atoms with Gasteiger partial charge >= 0.3 is 0 Å². The van der Waals surface area contributed by atoms with E-state index in [9.17, 15) is 5.11 Å². The van der Waals surface area contributed by atoms with Crippen molar-refractivity contribution < 1.29 is 5.11 Å². The Labute approximate surface area is 121 Å². The minimum absolute atomic E-state index is 0.130. The van der Waals surface area contributed by atoms with Crippen LogP contribution in [0.3, 0.4) is 0 Å². The number of benzene rings is 1. The predicted octanol–water partition coefficient (Wildman–Crippen LogP) is 3.59. The number of hydrogen-bond donors (Lipinski definition) is 1. The Morgan fingerprint density at radius 3 is 2.30 bits per heavy atom. The van der Waals surface area contributed by atoms with Gasteiger partial charge in [-0.3, -0.25) is 4.68 Å². The van der Waals surface area contributed by atoms with Crippen LogP contribution in [0, 0.1) is 6.92 Å². The molecule has 3 nitrogen and oxygen atoms in total. The number of hydrogen-bond acceptors (Lipinski definition) is 2. The highest BCUT2D eigenvalue weighted by Crippen LogP contribution is 2.27. The van der Waals surface area contributed by atoms with Crippen molar-refractivity contribution in [1.29, 1.82) is 0 Å². The first kappa shape index (κ1) is 14.8. The van der Waals surface area contributed by atoms with Gasteiger partial charge in [-0.15, -0.1) is 0 Å². The molecule has 3 heteroatoms. The van der Waals surface area contributed by atoms with Gasteiger partial charge in [-0.05, 0) is 36.5 Å². The van der Waals surface area contributed by atoms with Gasteiger partial charge in [0.2, 0.25) is 0 Å². The number of aliphatic hydroxyl groups is 1. The van der Waals surface area contributed by atoms with Crippen molar-refractivity contribution in [3.63, 3.8) is 0 Å². The molecule has 1 unspecified atom stereocenters. The fourth-order valence-electron chi connectivity index (χ4n) is 2.38. The SMILES string of the molecule is CCn1nc(C)cc1C(O)c1ccc(C(C)(C)C)cc1. The number of rotatable bonds is 3. The zero-order chi connectivity index (χ0) is 14.9. The van der Waals surface area contributed by atoms with Crippen LogP contribution >= 0.6 is 0 Å². The molecule has 1 N–H and O–H groups in total. The van der Waals surface area contributed by atoms with Crippen LogP contribution in [0.4, 0.5) is 0 Å². The molecule has 1 aromatic heterocycles. The summed E-state index contributed by atoms with van der Waals surface area (Å²) in [4.78, 5) is 0. The van der Waals surface area contributed by atoms with E-state index in [0.717, 1.165) is 23.5 Å². The van der Waals surface area contributed by atoms with E-state index >= 15 is 0 Å². The summed E-state index contributed by atoms with van der Waals surface area (Å²) in [6.45, 7) is 11.3. The maximum Gasteiger partial charge on any atom is 0.121 e. The fraction of sp³-hybridized carbons (Fsp3) is 0.471. The summed E-state index contributed by atoms with van der Waals surface area (Å²) in [6, 6.07) is 10.2. The zero-order valence-corrected chi connectivity index (χ0v) is 13.0. The first-order valence-electron chi connectivity index (χ1n) is 7.15. The third kappa shape index (κ3) is 2.93. The molecule has 108 valence electrons. The Bertz CT molecular complexity index is 576. The number of aliphatic hydroxyl groups excluding tert-OH is 1. The van der Waals surface area contributed by atoms with Gasteiger partial charge in [0.25, 0.3) is 0 Å². The van der Waals surface area contributed by atoms with Crippen LogP contribution in [-0.4, -0.2) is 14.9 Å². The maximum atomic E-state index is 10.5. The Balaban J connectivity index is 2.31. The molecular formula is C17H24N2O. The van der Waals surface area contributed by atoms with E-state index in [-0.39, 0.29) is 5.41 Å². The summed E-state index contributed by atoms with van der Waals surface area (Å²) >= 11 is 0. The second kappa shape index (κ2) is 5.41.